The predicted octanol–water partition coefficient (Wildman–Crippen LogP) is 5.90. The SMILES string of the molecule is O=C1C(=P(c2ccccc2)(c2ccccc2)c2ccccc2)N=NC12C(=O)c1ccccc1-c1ccccc12. The second-order valence-corrected chi connectivity index (χ2v) is 13.0. The van der Waals surface area contributed by atoms with Gasteiger partial charge in [-0.1, -0.05) is 140 Å². The zero-order valence-electron chi connectivity index (χ0n) is 20.9. The van der Waals surface area contributed by atoms with Gasteiger partial charge in [-0.3, -0.25) is 9.59 Å². The topological polar surface area (TPSA) is 58.9 Å². The Kier molecular flexibility index (Phi) is 5.40. The summed E-state index contributed by atoms with van der Waals surface area (Å²) in [5.41, 5.74) is 1.33. The Morgan fingerprint density at radius 1 is 0.462 bits per heavy atom. The molecule has 1 aliphatic carbocycles. The minimum Gasteiger partial charge on any atom is -0.290 e. The van der Waals surface area contributed by atoms with E-state index in [1.165, 1.54) is 0 Å². The molecular weight excluding hydrogens is 499 g/mol. The summed E-state index contributed by atoms with van der Waals surface area (Å²) in [7, 11) is 0. The maximum atomic E-state index is 15.0. The van der Waals surface area contributed by atoms with Crippen molar-refractivity contribution in [2.45, 2.75) is 5.54 Å². The summed E-state index contributed by atoms with van der Waals surface area (Å²) < 4.78 is 0. The normalized spacial score (nSPS) is 17.8. The number of carbonyl (C=O) groups excluding carboxylic acids is 2. The van der Waals surface area contributed by atoms with E-state index in [-0.39, 0.29) is 11.6 Å². The molecule has 0 amide bonds. The summed E-state index contributed by atoms with van der Waals surface area (Å²) in [6, 6.07) is 45.2. The van der Waals surface area contributed by atoms with Crippen LogP contribution < -0.4 is 15.9 Å². The molecule has 0 N–H and O–H groups in total. The van der Waals surface area contributed by atoms with Gasteiger partial charge in [0.1, 0.15) is 5.42 Å². The number of fused-ring (bicyclic) bond motifs is 4. The Bertz CT molecular complexity index is 1740. The van der Waals surface area contributed by atoms with Crippen LogP contribution in [-0.4, -0.2) is 17.0 Å². The van der Waals surface area contributed by atoms with Crippen molar-refractivity contribution in [3.8, 4) is 11.1 Å². The molecule has 1 aliphatic heterocycles. The van der Waals surface area contributed by atoms with E-state index >= 15 is 4.79 Å². The van der Waals surface area contributed by atoms with Gasteiger partial charge in [-0.15, -0.1) is 5.11 Å². The van der Waals surface area contributed by atoms with Crippen LogP contribution >= 0.6 is 6.89 Å². The van der Waals surface area contributed by atoms with E-state index in [2.05, 4.69) is 41.5 Å². The van der Waals surface area contributed by atoms with E-state index in [1.807, 2.05) is 97.1 Å². The van der Waals surface area contributed by atoms with Crippen molar-refractivity contribution >= 4 is 39.8 Å². The minimum absolute atomic E-state index is 0.326. The average Bonchev–Trinajstić information content (AvgIpc) is 3.35. The second kappa shape index (κ2) is 8.97. The summed E-state index contributed by atoms with van der Waals surface area (Å²) in [5.74, 6) is -0.674. The highest BCUT2D eigenvalue weighted by atomic mass is 31.2. The van der Waals surface area contributed by atoms with Crippen LogP contribution in [0.4, 0.5) is 0 Å². The molecule has 0 aromatic heterocycles. The van der Waals surface area contributed by atoms with Crippen molar-refractivity contribution in [1.82, 2.24) is 0 Å². The van der Waals surface area contributed by atoms with Gasteiger partial charge in [-0.25, -0.2) is 0 Å². The van der Waals surface area contributed by atoms with E-state index in [0.717, 1.165) is 27.0 Å². The molecule has 5 aromatic carbocycles. The third-order valence-corrected chi connectivity index (χ3v) is 11.8. The fraction of sp³-hybridized carbons (Fsp3) is 0.0294. The fourth-order valence-corrected chi connectivity index (χ4v) is 10.1. The molecule has 39 heavy (non-hydrogen) atoms. The van der Waals surface area contributed by atoms with E-state index < -0.39 is 12.4 Å². The first kappa shape index (κ1) is 23.5. The molecule has 0 fully saturated rings. The molecule has 186 valence electrons. The number of hydrogen-bond acceptors (Lipinski definition) is 3. The third kappa shape index (κ3) is 3.19. The van der Waals surface area contributed by atoms with Gasteiger partial charge in [0.25, 0.3) is 0 Å². The highest BCUT2D eigenvalue weighted by molar-refractivity contribution is 7.96. The molecular formula is C34H23N2O2P. The van der Waals surface area contributed by atoms with Gasteiger partial charge >= 0.3 is 0 Å². The van der Waals surface area contributed by atoms with Crippen LogP contribution in [0.15, 0.2) is 150 Å². The van der Waals surface area contributed by atoms with Gasteiger partial charge in [0.2, 0.25) is 17.1 Å². The smallest absolute Gasteiger partial charge is 0.234 e. The van der Waals surface area contributed by atoms with Crippen molar-refractivity contribution in [3.63, 3.8) is 0 Å². The van der Waals surface area contributed by atoms with Crippen molar-refractivity contribution in [2.75, 3.05) is 0 Å². The Morgan fingerprint density at radius 3 is 1.44 bits per heavy atom. The van der Waals surface area contributed by atoms with E-state index in [0.29, 0.717) is 16.5 Å². The molecule has 0 saturated carbocycles. The Balaban J connectivity index is 1.62. The third-order valence-electron chi connectivity index (χ3n) is 7.68. The van der Waals surface area contributed by atoms with Crippen molar-refractivity contribution < 1.29 is 9.59 Å². The van der Waals surface area contributed by atoms with E-state index in [1.54, 1.807) is 6.07 Å². The van der Waals surface area contributed by atoms with Crippen molar-refractivity contribution in [1.29, 1.82) is 0 Å². The zero-order valence-corrected chi connectivity index (χ0v) is 21.8. The molecule has 0 radical (unpaired) electrons. The van der Waals surface area contributed by atoms with Crippen LogP contribution in [0, 0.1) is 0 Å². The number of Topliss-reactive ketones (excluding diaryl/α,β-unsaturated/α-hetero) is 2. The van der Waals surface area contributed by atoms with Gasteiger partial charge in [0.05, 0.1) is 0 Å². The molecule has 2 aliphatic rings. The lowest BCUT2D eigenvalue weighted by atomic mass is 9.71. The first-order chi connectivity index (χ1) is 19.2. The summed E-state index contributed by atoms with van der Waals surface area (Å²) in [4.78, 5) is 29.3. The van der Waals surface area contributed by atoms with Gasteiger partial charge in [0.15, 0.2) is 0 Å². The van der Waals surface area contributed by atoms with Crippen molar-refractivity contribution in [2.24, 2.45) is 10.2 Å². The fourth-order valence-electron chi connectivity index (χ4n) is 5.95. The summed E-state index contributed by atoms with van der Waals surface area (Å²) in [5, 5.41) is 12.4. The molecule has 5 aromatic rings. The Labute approximate surface area is 226 Å². The number of nitrogens with zero attached hydrogens (tertiary/aromatic N) is 2. The van der Waals surface area contributed by atoms with Gasteiger partial charge in [-0.2, -0.15) is 5.11 Å². The molecule has 1 spiro atoms. The van der Waals surface area contributed by atoms with E-state index in [9.17, 15) is 4.79 Å². The number of hydrogen-bond donors (Lipinski definition) is 0. The summed E-state index contributed by atoms with van der Waals surface area (Å²) in [6.45, 7) is -2.82. The molecule has 1 unspecified atom stereocenters. The Hall–Kier alpha value is -4.66. The first-order valence-corrected chi connectivity index (χ1v) is 14.6. The maximum Gasteiger partial charge on any atom is 0.234 e. The Morgan fingerprint density at radius 2 is 0.897 bits per heavy atom. The summed E-state index contributed by atoms with van der Waals surface area (Å²) >= 11 is 0. The molecule has 5 heteroatoms. The molecule has 0 saturated heterocycles. The van der Waals surface area contributed by atoms with Crippen LogP contribution in [-0.2, 0) is 10.3 Å². The summed E-state index contributed by atoms with van der Waals surface area (Å²) in [6.07, 6.45) is 0. The highest BCUT2D eigenvalue weighted by Gasteiger charge is 2.58. The molecule has 7 rings (SSSR count). The molecule has 1 heterocycles. The van der Waals surface area contributed by atoms with Gasteiger partial charge in [-0.05, 0) is 27.0 Å². The number of ketones is 2. The lowest BCUT2D eigenvalue weighted by Crippen LogP contribution is -2.45. The number of rotatable bonds is 3. The zero-order chi connectivity index (χ0) is 26.5. The predicted molar refractivity (Wildman–Crippen MR) is 158 cm³/mol. The average molecular weight is 523 g/mol. The lowest BCUT2D eigenvalue weighted by molar-refractivity contribution is -0.115. The van der Waals surface area contributed by atoms with Crippen LogP contribution in [0.25, 0.3) is 11.1 Å². The lowest BCUT2D eigenvalue weighted by Gasteiger charge is -2.32. The van der Waals surface area contributed by atoms with Crippen LogP contribution in [0.5, 0.6) is 0 Å². The standard InChI is InChI=1S/C34H23N2O2P/c37-31-29-22-11-10-20-27(29)28-21-12-13-23-30(28)34(31)32(38)33(35-36-34)39(24-14-4-1-5-15-24,25-16-6-2-7-17-25)26-18-8-3-9-19-26/h1-23H. The van der Waals surface area contributed by atoms with Gasteiger partial charge in [0, 0.05) is 18.0 Å². The van der Waals surface area contributed by atoms with Crippen LogP contribution in [0.2, 0.25) is 0 Å². The quantitative estimate of drug-likeness (QED) is 0.219. The minimum atomic E-state index is -2.82. The van der Waals surface area contributed by atoms with E-state index in [4.69, 9.17) is 5.11 Å². The van der Waals surface area contributed by atoms with Crippen molar-refractivity contribution in [3.05, 3.63) is 151 Å². The number of benzene rings is 5. The van der Waals surface area contributed by atoms with Gasteiger partial charge < -0.3 is 0 Å². The van der Waals surface area contributed by atoms with Crippen LogP contribution in [0.3, 0.4) is 0 Å². The van der Waals surface area contributed by atoms with Crippen LogP contribution in [0.1, 0.15) is 15.9 Å². The largest absolute Gasteiger partial charge is 0.290 e. The number of carbonyl (C=O) groups is 2. The molecule has 4 nitrogen and oxygen atoms in total. The monoisotopic (exact) mass is 522 g/mol. The molecule has 1 atom stereocenters. The number of azo groups is 1. The maximum absolute atomic E-state index is 15.0. The molecule has 0 bridgehead atoms. The highest BCUT2D eigenvalue weighted by Crippen LogP contribution is 2.53. The second-order valence-electron chi connectivity index (χ2n) is 9.66. The first-order valence-electron chi connectivity index (χ1n) is 12.8.